The SMILES string of the molecule is CNC(=O)c1ccc(CN(C)C(=O)C(C)Oc2ccc(Cl)cc2)cc1. The second-order valence-corrected chi connectivity index (χ2v) is 6.12. The summed E-state index contributed by atoms with van der Waals surface area (Å²) in [7, 11) is 3.31. The van der Waals surface area contributed by atoms with E-state index in [1.165, 1.54) is 0 Å². The molecule has 0 aliphatic carbocycles. The number of nitrogens with one attached hydrogen (secondary N) is 1. The number of ether oxygens (including phenoxy) is 1. The van der Waals surface area contributed by atoms with Gasteiger partial charge in [-0.05, 0) is 48.9 Å². The predicted molar refractivity (Wildman–Crippen MR) is 97.8 cm³/mol. The van der Waals surface area contributed by atoms with Crippen molar-refractivity contribution in [2.24, 2.45) is 0 Å². The fourth-order valence-corrected chi connectivity index (χ4v) is 2.46. The molecule has 2 aromatic carbocycles. The molecule has 2 aromatic rings. The molecule has 0 saturated heterocycles. The molecule has 2 amide bonds. The Labute approximate surface area is 152 Å². The van der Waals surface area contributed by atoms with E-state index < -0.39 is 6.10 Å². The molecular formula is C19H21ClN2O3. The minimum atomic E-state index is -0.615. The first-order chi connectivity index (χ1) is 11.9. The summed E-state index contributed by atoms with van der Waals surface area (Å²) in [5.74, 6) is 0.319. The predicted octanol–water partition coefficient (Wildman–Crippen LogP) is 3.13. The van der Waals surface area contributed by atoms with Crippen LogP contribution in [0.15, 0.2) is 48.5 Å². The average Bonchev–Trinajstić information content (AvgIpc) is 2.62. The van der Waals surface area contributed by atoms with Crippen LogP contribution < -0.4 is 10.1 Å². The zero-order valence-corrected chi connectivity index (χ0v) is 15.2. The molecule has 0 fully saturated rings. The number of halogens is 1. The van der Waals surface area contributed by atoms with Gasteiger partial charge in [-0.25, -0.2) is 0 Å². The van der Waals surface area contributed by atoms with Crippen LogP contribution in [0, 0.1) is 0 Å². The normalized spacial score (nSPS) is 11.5. The van der Waals surface area contributed by atoms with E-state index in [1.54, 1.807) is 62.3 Å². The highest BCUT2D eigenvalue weighted by molar-refractivity contribution is 6.30. The molecule has 0 spiro atoms. The van der Waals surface area contributed by atoms with E-state index in [0.29, 0.717) is 22.9 Å². The highest BCUT2D eigenvalue weighted by atomic mass is 35.5. The molecule has 1 atom stereocenters. The lowest BCUT2D eigenvalue weighted by Crippen LogP contribution is -2.37. The first-order valence-corrected chi connectivity index (χ1v) is 8.26. The molecule has 0 aromatic heterocycles. The molecule has 0 aliphatic rings. The first-order valence-electron chi connectivity index (χ1n) is 7.89. The van der Waals surface area contributed by atoms with Crippen molar-refractivity contribution in [2.45, 2.75) is 19.6 Å². The highest BCUT2D eigenvalue weighted by Crippen LogP contribution is 2.17. The second-order valence-electron chi connectivity index (χ2n) is 5.68. The maximum absolute atomic E-state index is 12.5. The topological polar surface area (TPSA) is 58.6 Å². The molecule has 2 rings (SSSR count). The fraction of sp³-hybridized carbons (Fsp3) is 0.263. The summed E-state index contributed by atoms with van der Waals surface area (Å²) in [5.41, 5.74) is 1.52. The number of nitrogens with zero attached hydrogens (tertiary/aromatic N) is 1. The van der Waals surface area contributed by atoms with Crippen LogP contribution in [0.1, 0.15) is 22.8 Å². The largest absolute Gasteiger partial charge is 0.481 e. The number of carbonyl (C=O) groups excluding carboxylic acids is 2. The van der Waals surface area contributed by atoms with E-state index in [9.17, 15) is 9.59 Å². The standard InChI is InChI=1S/C19H21ClN2O3/c1-13(25-17-10-8-16(20)9-11-17)19(24)22(3)12-14-4-6-15(7-5-14)18(23)21-2/h4-11,13H,12H2,1-3H3,(H,21,23). The maximum Gasteiger partial charge on any atom is 0.263 e. The minimum absolute atomic E-state index is 0.134. The number of carbonyl (C=O) groups is 2. The van der Waals surface area contributed by atoms with Crippen LogP contribution in [0.4, 0.5) is 0 Å². The Morgan fingerprint density at radius 3 is 2.28 bits per heavy atom. The van der Waals surface area contributed by atoms with Crippen molar-refractivity contribution < 1.29 is 14.3 Å². The molecule has 5 nitrogen and oxygen atoms in total. The van der Waals surface area contributed by atoms with Crippen LogP contribution in [-0.2, 0) is 11.3 Å². The number of hydrogen-bond donors (Lipinski definition) is 1. The van der Waals surface area contributed by atoms with Crippen LogP contribution >= 0.6 is 11.6 Å². The average molecular weight is 361 g/mol. The number of likely N-dealkylation sites (N-methyl/N-ethyl adjacent to an activating group) is 1. The van der Waals surface area contributed by atoms with Gasteiger partial charge in [0.1, 0.15) is 5.75 Å². The van der Waals surface area contributed by atoms with E-state index in [2.05, 4.69) is 5.32 Å². The Hall–Kier alpha value is -2.53. The van der Waals surface area contributed by atoms with Crippen molar-refractivity contribution in [3.63, 3.8) is 0 Å². The molecule has 0 aliphatic heterocycles. The smallest absolute Gasteiger partial charge is 0.263 e. The summed E-state index contributed by atoms with van der Waals surface area (Å²) >= 11 is 5.84. The lowest BCUT2D eigenvalue weighted by atomic mass is 10.1. The molecule has 0 bridgehead atoms. The van der Waals surface area contributed by atoms with Crippen LogP contribution in [-0.4, -0.2) is 36.9 Å². The Balaban J connectivity index is 1.94. The Morgan fingerprint density at radius 2 is 1.72 bits per heavy atom. The third-order valence-electron chi connectivity index (χ3n) is 3.71. The van der Waals surface area contributed by atoms with Crippen LogP contribution in [0.3, 0.4) is 0 Å². The molecule has 6 heteroatoms. The van der Waals surface area contributed by atoms with Crippen molar-refractivity contribution in [2.75, 3.05) is 14.1 Å². The Kier molecular flexibility index (Phi) is 6.42. The Bertz CT molecular complexity index is 729. The van der Waals surface area contributed by atoms with E-state index in [0.717, 1.165) is 5.56 Å². The third kappa shape index (κ3) is 5.22. The monoisotopic (exact) mass is 360 g/mol. The van der Waals surface area contributed by atoms with Crippen molar-refractivity contribution in [1.29, 1.82) is 0 Å². The molecular weight excluding hydrogens is 340 g/mol. The van der Waals surface area contributed by atoms with Crippen LogP contribution in [0.25, 0.3) is 0 Å². The molecule has 132 valence electrons. The maximum atomic E-state index is 12.5. The van der Waals surface area contributed by atoms with Crippen molar-refractivity contribution in [3.8, 4) is 5.75 Å². The van der Waals surface area contributed by atoms with Gasteiger partial charge < -0.3 is 15.0 Å². The van der Waals surface area contributed by atoms with Crippen LogP contribution in [0.2, 0.25) is 5.02 Å². The molecule has 1 N–H and O–H groups in total. The second kappa shape index (κ2) is 8.53. The number of rotatable bonds is 6. The highest BCUT2D eigenvalue weighted by Gasteiger charge is 2.19. The Morgan fingerprint density at radius 1 is 1.12 bits per heavy atom. The zero-order chi connectivity index (χ0) is 18.4. The quantitative estimate of drug-likeness (QED) is 0.861. The van der Waals surface area contributed by atoms with Gasteiger partial charge in [0.25, 0.3) is 11.8 Å². The van der Waals surface area contributed by atoms with Gasteiger partial charge in [0, 0.05) is 31.2 Å². The van der Waals surface area contributed by atoms with E-state index in [-0.39, 0.29) is 11.8 Å². The van der Waals surface area contributed by atoms with Gasteiger partial charge >= 0.3 is 0 Å². The van der Waals surface area contributed by atoms with Crippen molar-refractivity contribution >= 4 is 23.4 Å². The van der Waals surface area contributed by atoms with Gasteiger partial charge in [0.05, 0.1) is 0 Å². The van der Waals surface area contributed by atoms with Gasteiger partial charge in [0.2, 0.25) is 0 Å². The van der Waals surface area contributed by atoms with Gasteiger partial charge in [0.15, 0.2) is 6.10 Å². The first kappa shape index (κ1) is 18.8. The summed E-state index contributed by atoms with van der Waals surface area (Å²) in [6.07, 6.45) is -0.615. The van der Waals surface area contributed by atoms with E-state index in [4.69, 9.17) is 16.3 Å². The summed E-state index contributed by atoms with van der Waals surface area (Å²) in [4.78, 5) is 25.6. The fourth-order valence-electron chi connectivity index (χ4n) is 2.34. The van der Waals surface area contributed by atoms with Gasteiger partial charge in [-0.15, -0.1) is 0 Å². The van der Waals surface area contributed by atoms with Gasteiger partial charge in [-0.3, -0.25) is 9.59 Å². The number of benzene rings is 2. The molecule has 0 saturated carbocycles. The molecule has 0 radical (unpaired) electrons. The van der Waals surface area contributed by atoms with Crippen molar-refractivity contribution in [3.05, 3.63) is 64.7 Å². The number of amides is 2. The molecule has 0 heterocycles. The van der Waals surface area contributed by atoms with Crippen LogP contribution in [0.5, 0.6) is 5.75 Å². The molecule has 1 unspecified atom stereocenters. The lowest BCUT2D eigenvalue weighted by Gasteiger charge is -2.22. The van der Waals surface area contributed by atoms with E-state index >= 15 is 0 Å². The lowest BCUT2D eigenvalue weighted by molar-refractivity contribution is -0.137. The molecule has 25 heavy (non-hydrogen) atoms. The van der Waals surface area contributed by atoms with E-state index in [1.807, 2.05) is 12.1 Å². The summed E-state index contributed by atoms with van der Waals surface area (Å²) < 4.78 is 5.65. The number of hydrogen-bond acceptors (Lipinski definition) is 3. The zero-order valence-electron chi connectivity index (χ0n) is 14.5. The van der Waals surface area contributed by atoms with Gasteiger partial charge in [-0.2, -0.15) is 0 Å². The summed E-state index contributed by atoms with van der Waals surface area (Å²) in [6.45, 7) is 2.14. The van der Waals surface area contributed by atoms with Gasteiger partial charge in [-0.1, -0.05) is 23.7 Å². The van der Waals surface area contributed by atoms with Crippen molar-refractivity contribution in [1.82, 2.24) is 10.2 Å². The third-order valence-corrected chi connectivity index (χ3v) is 3.97. The summed E-state index contributed by atoms with van der Waals surface area (Å²) in [5, 5.41) is 3.19. The minimum Gasteiger partial charge on any atom is -0.481 e. The summed E-state index contributed by atoms with van der Waals surface area (Å²) in [6, 6.07) is 14.0.